The monoisotopic (exact) mass is 161 g/mol. The Hall–Kier alpha value is -0.700. The molecule has 0 aliphatic rings. The molecule has 0 bridgehead atoms. The number of hydrogen-bond donors (Lipinski definition) is 2. The molecule has 0 aliphatic heterocycles. The highest BCUT2D eigenvalue weighted by molar-refractivity contribution is 6.69. The lowest BCUT2D eigenvalue weighted by Gasteiger charge is -1.94. The second-order valence-corrected chi connectivity index (χ2v) is 2.15. The molecular formula is C6H12ClN3. The second-order valence-electron chi connectivity index (χ2n) is 1.79. The Morgan fingerprint density at radius 3 is 2.70 bits per heavy atom. The molecule has 0 spiro atoms. The first kappa shape index (κ1) is 9.30. The van der Waals surface area contributed by atoms with E-state index in [0.29, 0.717) is 17.4 Å². The van der Waals surface area contributed by atoms with Crippen LogP contribution in [0, 0.1) is 0 Å². The van der Waals surface area contributed by atoms with Crippen molar-refractivity contribution in [1.29, 1.82) is 0 Å². The third kappa shape index (κ3) is 3.35. The molecule has 0 aromatic rings. The Morgan fingerprint density at radius 2 is 2.30 bits per heavy atom. The average molecular weight is 162 g/mol. The highest BCUT2D eigenvalue weighted by Crippen LogP contribution is 1.94. The van der Waals surface area contributed by atoms with Gasteiger partial charge in [0, 0.05) is 12.7 Å². The van der Waals surface area contributed by atoms with Crippen LogP contribution in [0.3, 0.4) is 0 Å². The number of nitrogens with two attached hydrogens (primary N) is 2. The highest BCUT2D eigenvalue weighted by atomic mass is 35.5. The van der Waals surface area contributed by atoms with Crippen molar-refractivity contribution in [1.82, 2.24) is 0 Å². The first-order chi connectivity index (χ1) is 4.72. The summed E-state index contributed by atoms with van der Waals surface area (Å²) < 4.78 is 0. The van der Waals surface area contributed by atoms with Gasteiger partial charge in [0.05, 0.1) is 5.70 Å². The van der Waals surface area contributed by atoms with E-state index in [1.165, 1.54) is 6.20 Å². The molecule has 0 rings (SSSR count). The van der Waals surface area contributed by atoms with Crippen molar-refractivity contribution >= 4 is 16.8 Å². The van der Waals surface area contributed by atoms with Crippen molar-refractivity contribution in [3.8, 4) is 0 Å². The van der Waals surface area contributed by atoms with Crippen LogP contribution in [0.5, 0.6) is 0 Å². The summed E-state index contributed by atoms with van der Waals surface area (Å²) in [6, 6.07) is 0. The van der Waals surface area contributed by atoms with Crippen LogP contribution in [0.4, 0.5) is 0 Å². The Kier molecular flexibility index (Phi) is 4.76. The van der Waals surface area contributed by atoms with Crippen molar-refractivity contribution in [3.63, 3.8) is 0 Å². The van der Waals surface area contributed by atoms with E-state index in [4.69, 9.17) is 23.1 Å². The second kappa shape index (κ2) is 5.11. The summed E-state index contributed by atoms with van der Waals surface area (Å²) in [7, 11) is 0. The molecule has 10 heavy (non-hydrogen) atoms. The molecule has 0 aromatic carbocycles. The summed E-state index contributed by atoms with van der Waals surface area (Å²) in [4.78, 5) is 3.92. The predicted molar refractivity (Wildman–Crippen MR) is 44.9 cm³/mol. The maximum atomic E-state index is 5.59. The van der Waals surface area contributed by atoms with E-state index in [0.717, 1.165) is 6.42 Å². The van der Waals surface area contributed by atoms with Gasteiger partial charge in [-0.25, -0.2) is 0 Å². The summed E-state index contributed by atoms with van der Waals surface area (Å²) in [6.07, 6.45) is 2.19. The van der Waals surface area contributed by atoms with Crippen molar-refractivity contribution < 1.29 is 0 Å². The molecular weight excluding hydrogens is 150 g/mol. The fraction of sp³-hybridized carbons (Fsp3) is 0.500. The van der Waals surface area contributed by atoms with Crippen LogP contribution in [0.2, 0.25) is 0 Å². The van der Waals surface area contributed by atoms with Gasteiger partial charge >= 0.3 is 0 Å². The Morgan fingerprint density at radius 1 is 1.70 bits per heavy atom. The van der Waals surface area contributed by atoms with Crippen LogP contribution in [0.25, 0.3) is 0 Å². The largest absolute Gasteiger partial charge is 0.403 e. The lowest BCUT2D eigenvalue weighted by molar-refractivity contribution is 0.934. The molecule has 3 nitrogen and oxygen atoms in total. The topological polar surface area (TPSA) is 64.4 Å². The third-order valence-electron chi connectivity index (χ3n) is 0.892. The molecule has 58 valence electrons. The molecule has 0 radical (unpaired) electrons. The van der Waals surface area contributed by atoms with Crippen LogP contribution in [-0.4, -0.2) is 11.7 Å². The van der Waals surface area contributed by atoms with E-state index in [2.05, 4.69) is 4.99 Å². The number of halogens is 1. The van der Waals surface area contributed by atoms with Gasteiger partial charge in [-0.15, -0.1) is 0 Å². The molecule has 0 heterocycles. The lowest BCUT2D eigenvalue weighted by Crippen LogP contribution is -2.08. The Labute approximate surface area is 65.8 Å². The maximum absolute atomic E-state index is 5.59. The van der Waals surface area contributed by atoms with E-state index < -0.39 is 0 Å². The molecule has 0 unspecified atom stereocenters. The molecule has 0 saturated heterocycles. The van der Waals surface area contributed by atoms with Gasteiger partial charge < -0.3 is 11.5 Å². The molecule has 0 saturated carbocycles. The number of aliphatic imine (C=N–C) groups is 1. The first-order valence-electron chi connectivity index (χ1n) is 3.10. The van der Waals surface area contributed by atoms with Crippen molar-refractivity contribution in [2.24, 2.45) is 16.5 Å². The normalized spacial score (nSPS) is 13.8. The molecule has 0 amide bonds. The smallest absolute Gasteiger partial charge is 0.148 e. The Balaban J connectivity index is 3.93. The summed E-state index contributed by atoms with van der Waals surface area (Å²) in [5.74, 6) is 0. The van der Waals surface area contributed by atoms with E-state index in [-0.39, 0.29) is 0 Å². The number of nitrogens with zero attached hydrogens (tertiary/aromatic N) is 1. The van der Waals surface area contributed by atoms with Crippen molar-refractivity contribution in [3.05, 3.63) is 11.9 Å². The van der Waals surface area contributed by atoms with E-state index in [1.54, 1.807) is 0 Å². The zero-order valence-corrected chi connectivity index (χ0v) is 6.73. The van der Waals surface area contributed by atoms with E-state index in [1.807, 2.05) is 6.92 Å². The highest BCUT2D eigenvalue weighted by Gasteiger charge is 1.94. The van der Waals surface area contributed by atoms with Gasteiger partial charge in [0.2, 0.25) is 0 Å². The average Bonchev–Trinajstić information content (AvgIpc) is 1.98. The van der Waals surface area contributed by atoms with Gasteiger partial charge in [0.1, 0.15) is 5.17 Å². The quantitative estimate of drug-likeness (QED) is 0.602. The van der Waals surface area contributed by atoms with Gasteiger partial charge in [-0.05, 0) is 6.42 Å². The fourth-order valence-corrected chi connectivity index (χ4v) is 0.518. The minimum absolute atomic E-state index is 0.296. The minimum atomic E-state index is 0.296. The van der Waals surface area contributed by atoms with Crippen LogP contribution in [0.15, 0.2) is 16.9 Å². The molecule has 4 heteroatoms. The van der Waals surface area contributed by atoms with E-state index >= 15 is 0 Å². The summed E-state index contributed by atoms with van der Waals surface area (Å²) in [6.45, 7) is 2.70. The number of allylic oxidation sites excluding steroid dienone is 1. The zero-order chi connectivity index (χ0) is 7.98. The molecule has 0 aromatic heterocycles. The van der Waals surface area contributed by atoms with E-state index in [9.17, 15) is 0 Å². The van der Waals surface area contributed by atoms with Crippen LogP contribution >= 0.6 is 11.6 Å². The SMILES string of the molecule is CCCN=C(Cl)C(N)=CN. The van der Waals surface area contributed by atoms with Gasteiger partial charge in [-0.2, -0.15) is 0 Å². The molecule has 0 atom stereocenters. The minimum Gasteiger partial charge on any atom is -0.403 e. The summed E-state index contributed by atoms with van der Waals surface area (Å²) >= 11 is 5.59. The molecule has 4 N–H and O–H groups in total. The molecule has 0 fully saturated rings. The van der Waals surface area contributed by atoms with Gasteiger partial charge in [0.25, 0.3) is 0 Å². The Bertz CT molecular complexity index is 151. The summed E-state index contributed by atoms with van der Waals surface area (Å²) in [5.41, 5.74) is 10.8. The predicted octanol–water partition coefficient (Wildman–Crippen LogP) is 0.793. The van der Waals surface area contributed by atoms with Crippen LogP contribution in [-0.2, 0) is 0 Å². The van der Waals surface area contributed by atoms with Gasteiger partial charge in [0.15, 0.2) is 0 Å². The number of rotatable bonds is 3. The molecule has 0 aliphatic carbocycles. The maximum Gasteiger partial charge on any atom is 0.148 e. The zero-order valence-electron chi connectivity index (χ0n) is 5.97. The van der Waals surface area contributed by atoms with Crippen molar-refractivity contribution in [2.75, 3.05) is 6.54 Å². The van der Waals surface area contributed by atoms with Crippen LogP contribution in [0.1, 0.15) is 13.3 Å². The van der Waals surface area contributed by atoms with Crippen molar-refractivity contribution in [2.45, 2.75) is 13.3 Å². The first-order valence-corrected chi connectivity index (χ1v) is 3.47. The van der Waals surface area contributed by atoms with Gasteiger partial charge in [-0.3, -0.25) is 4.99 Å². The third-order valence-corrected chi connectivity index (χ3v) is 1.23. The van der Waals surface area contributed by atoms with Crippen LogP contribution < -0.4 is 11.5 Å². The summed E-state index contributed by atoms with van der Waals surface area (Å²) in [5, 5.41) is 0.296. The number of hydrogen-bond acceptors (Lipinski definition) is 3. The standard InChI is InChI=1S/C6H12ClN3/c1-2-3-10-6(7)5(9)4-8/h4H,2-3,8-9H2,1H3. The van der Waals surface area contributed by atoms with Gasteiger partial charge in [-0.1, -0.05) is 18.5 Å². The fourth-order valence-electron chi connectivity index (χ4n) is 0.370. The lowest BCUT2D eigenvalue weighted by atomic mass is 10.5.